The quantitative estimate of drug-likeness (QED) is 0.681. The zero-order valence-corrected chi connectivity index (χ0v) is 13.4. The first kappa shape index (κ1) is 15.7. The van der Waals surface area contributed by atoms with Gasteiger partial charge in [-0.1, -0.05) is 46.3 Å². The maximum atomic E-state index is 3.64. The molecule has 3 heteroatoms. The van der Waals surface area contributed by atoms with Gasteiger partial charge >= 0.3 is 0 Å². The molecule has 1 unspecified atom stereocenters. The third-order valence-corrected chi connectivity index (χ3v) is 3.92. The summed E-state index contributed by atoms with van der Waals surface area (Å²) in [6, 6.07) is 10.8. The van der Waals surface area contributed by atoms with Gasteiger partial charge in [0.2, 0.25) is 0 Å². The van der Waals surface area contributed by atoms with E-state index in [0.717, 1.165) is 25.0 Å². The summed E-state index contributed by atoms with van der Waals surface area (Å²) in [5.41, 5.74) is 1.42. The van der Waals surface area contributed by atoms with Crippen molar-refractivity contribution in [1.29, 1.82) is 0 Å². The van der Waals surface area contributed by atoms with Gasteiger partial charge in [-0.05, 0) is 46.2 Å². The minimum Gasteiger partial charge on any atom is -0.309 e. The molecule has 0 saturated heterocycles. The third kappa shape index (κ3) is 5.98. The first-order valence-corrected chi connectivity index (χ1v) is 7.69. The molecule has 0 saturated carbocycles. The van der Waals surface area contributed by atoms with E-state index >= 15 is 0 Å². The zero-order valence-electron chi connectivity index (χ0n) is 11.8. The van der Waals surface area contributed by atoms with Gasteiger partial charge in [0, 0.05) is 17.8 Å². The van der Waals surface area contributed by atoms with Gasteiger partial charge < -0.3 is 9.80 Å². The minimum absolute atomic E-state index is 0.579. The Balaban J connectivity index is 2.39. The van der Waals surface area contributed by atoms with E-state index in [2.05, 4.69) is 77.2 Å². The van der Waals surface area contributed by atoms with E-state index in [0.29, 0.717) is 5.92 Å². The van der Waals surface area contributed by atoms with E-state index in [1.807, 2.05) is 0 Å². The van der Waals surface area contributed by atoms with Crippen molar-refractivity contribution in [3.05, 3.63) is 35.9 Å². The molecule has 0 aliphatic heterocycles. The van der Waals surface area contributed by atoms with Crippen molar-refractivity contribution in [2.24, 2.45) is 0 Å². The molecule has 0 bridgehead atoms. The normalized spacial score (nSPS) is 13.2. The van der Waals surface area contributed by atoms with Crippen LogP contribution in [-0.2, 0) is 0 Å². The number of hydrogen-bond acceptors (Lipinski definition) is 2. The molecule has 2 nitrogen and oxygen atoms in total. The number of nitrogens with zero attached hydrogens (tertiary/aromatic N) is 2. The first-order valence-electron chi connectivity index (χ1n) is 6.57. The van der Waals surface area contributed by atoms with Crippen molar-refractivity contribution >= 4 is 15.9 Å². The molecule has 1 aromatic carbocycles. The Morgan fingerprint density at radius 3 is 2.28 bits per heavy atom. The average Bonchev–Trinajstić information content (AvgIpc) is 2.36. The van der Waals surface area contributed by atoms with Gasteiger partial charge in [-0.3, -0.25) is 0 Å². The molecule has 0 heterocycles. The highest BCUT2D eigenvalue weighted by Gasteiger charge is 2.12. The van der Waals surface area contributed by atoms with E-state index in [9.17, 15) is 0 Å². The van der Waals surface area contributed by atoms with Crippen molar-refractivity contribution in [3.63, 3.8) is 0 Å². The number of benzene rings is 1. The van der Waals surface area contributed by atoms with Crippen LogP contribution in [0.2, 0.25) is 0 Å². The highest BCUT2D eigenvalue weighted by atomic mass is 79.9. The molecule has 1 rings (SSSR count). The molecule has 18 heavy (non-hydrogen) atoms. The summed E-state index contributed by atoms with van der Waals surface area (Å²) in [5.74, 6) is 0.579. The standard InChI is InChI=1S/C15H25BrN2/c1-17(2)10-7-11-18(3)13-15(12-16)14-8-5-4-6-9-14/h4-6,8-9,15H,7,10-13H2,1-3H3. The van der Waals surface area contributed by atoms with Crippen LogP contribution in [-0.4, -0.2) is 55.9 Å². The maximum Gasteiger partial charge on any atom is 0.0112 e. The molecule has 0 spiro atoms. The fourth-order valence-electron chi connectivity index (χ4n) is 2.09. The lowest BCUT2D eigenvalue weighted by Gasteiger charge is -2.23. The van der Waals surface area contributed by atoms with Crippen molar-refractivity contribution in [3.8, 4) is 0 Å². The lowest BCUT2D eigenvalue weighted by molar-refractivity contribution is 0.290. The van der Waals surface area contributed by atoms with Crippen LogP contribution >= 0.6 is 15.9 Å². The summed E-state index contributed by atoms with van der Waals surface area (Å²) in [5, 5.41) is 1.02. The van der Waals surface area contributed by atoms with Gasteiger partial charge in [-0.15, -0.1) is 0 Å². The molecule has 0 amide bonds. The predicted molar refractivity (Wildman–Crippen MR) is 83.6 cm³/mol. The zero-order chi connectivity index (χ0) is 13.4. The Morgan fingerprint density at radius 1 is 1.06 bits per heavy atom. The molecular formula is C15H25BrN2. The second-order valence-corrected chi connectivity index (χ2v) is 5.83. The summed E-state index contributed by atoms with van der Waals surface area (Å²) in [7, 11) is 6.48. The third-order valence-electron chi connectivity index (χ3n) is 3.13. The van der Waals surface area contributed by atoms with Gasteiger partial charge in [0.25, 0.3) is 0 Å². The maximum absolute atomic E-state index is 3.64. The molecule has 0 N–H and O–H groups in total. The highest BCUT2D eigenvalue weighted by Crippen LogP contribution is 2.18. The number of hydrogen-bond donors (Lipinski definition) is 0. The predicted octanol–water partition coefficient (Wildman–Crippen LogP) is 3.05. The fourth-order valence-corrected chi connectivity index (χ4v) is 2.67. The van der Waals surface area contributed by atoms with Crippen LogP contribution in [0.1, 0.15) is 17.9 Å². The van der Waals surface area contributed by atoms with Crippen LogP contribution in [0.5, 0.6) is 0 Å². The summed E-state index contributed by atoms with van der Waals surface area (Å²) >= 11 is 3.64. The summed E-state index contributed by atoms with van der Waals surface area (Å²) in [4.78, 5) is 4.68. The Morgan fingerprint density at radius 2 is 1.72 bits per heavy atom. The lowest BCUT2D eigenvalue weighted by atomic mass is 10.0. The molecule has 0 aliphatic rings. The van der Waals surface area contributed by atoms with Gasteiger partial charge in [0.05, 0.1) is 0 Å². The van der Waals surface area contributed by atoms with Crippen LogP contribution < -0.4 is 0 Å². The van der Waals surface area contributed by atoms with Crippen LogP contribution in [0.25, 0.3) is 0 Å². The highest BCUT2D eigenvalue weighted by molar-refractivity contribution is 9.09. The topological polar surface area (TPSA) is 6.48 Å². The van der Waals surface area contributed by atoms with Crippen molar-refractivity contribution in [2.45, 2.75) is 12.3 Å². The van der Waals surface area contributed by atoms with Crippen LogP contribution in [0, 0.1) is 0 Å². The molecule has 1 atom stereocenters. The SMILES string of the molecule is CN(C)CCCN(C)CC(CBr)c1ccccc1. The van der Waals surface area contributed by atoms with Crippen molar-refractivity contribution in [2.75, 3.05) is 46.1 Å². The Labute approximate surface area is 120 Å². The molecule has 1 aromatic rings. The van der Waals surface area contributed by atoms with Gasteiger partial charge in [0.15, 0.2) is 0 Å². The van der Waals surface area contributed by atoms with E-state index in [-0.39, 0.29) is 0 Å². The van der Waals surface area contributed by atoms with E-state index in [4.69, 9.17) is 0 Å². The van der Waals surface area contributed by atoms with E-state index < -0.39 is 0 Å². The second-order valence-electron chi connectivity index (χ2n) is 5.18. The van der Waals surface area contributed by atoms with Crippen molar-refractivity contribution in [1.82, 2.24) is 9.80 Å². The summed E-state index contributed by atoms with van der Waals surface area (Å²) in [6.45, 7) is 3.44. The second kappa shape index (κ2) is 8.68. The van der Waals surface area contributed by atoms with Gasteiger partial charge in [0.1, 0.15) is 0 Å². The number of alkyl halides is 1. The summed E-state index contributed by atoms with van der Waals surface area (Å²) in [6.07, 6.45) is 1.23. The van der Waals surface area contributed by atoms with Gasteiger partial charge in [-0.25, -0.2) is 0 Å². The largest absolute Gasteiger partial charge is 0.309 e. The monoisotopic (exact) mass is 312 g/mol. The number of likely N-dealkylation sites (N-methyl/N-ethyl adjacent to an activating group) is 1. The smallest absolute Gasteiger partial charge is 0.0112 e. The number of rotatable bonds is 8. The lowest BCUT2D eigenvalue weighted by Crippen LogP contribution is -2.28. The Kier molecular flexibility index (Phi) is 7.56. The summed E-state index contributed by atoms with van der Waals surface area (Å²) < 4.78 is 0. The first-order chi connectivity index (χ1) is 8.63. The Hall–Kier alpha value is -0.380. The number of halogens is 1. The van der Waals surface area contributed by atoms with E-state index in [1.165, 1.54) is 12.0 Å². The Bertz CT molecular complexity index is 314. The average molecular weight is 313 g/mol. The molecule has 102 valence electrons. The molecule has 0 aliphatic carbocycles. The molecule has 0 aromatic heterocycles. The van der Waals surface area contributed by atoms with Crippen LogP contribution in [0.4, 0.5) is 0 Å². The molecular weight excluding hydrogens is 288 g/mol. The van der Waals surface area contributed by atoms with Crippen molar-refractivity contribution < 1.29 is 0 Å². The van der Waals surface area contributed by atoms with Crippen LogP contribution in [0.3, 0.4) is 0 Å². The minimum atomic E-state index is 0.579. The molecule has 0 radical (unpaired) electrons. The van der Waals surface area contributed by atoms with Gasteiger partial charge in [-0.2, -0.15) is 0 Å². The molecule has 0 fully saturated rings. The fraction of sp³-hybridized carbons (Fsp3) is 0.600. The van der Waals surface area contributed by atoms with Crippen LogP contribution in [0.15, 0.2) is 30.3 Å². The van der Waals surface area contributed by atoms with E-state index in [1.54, 1.807) is 0 Å².